The van der Waals surface area contributed by atoms with Gasteiger partial charge in [0.2, 0.25) is 0 Å². The van der Waals surface area contributed by atoms with Gasteiger partial charge in [0.25, 0.3) is 0 Å². The Balaban J connectivity index is 2.44. The van der Waals surface area contributed by atoms with Crippen molar-refractivity contribution in [2.75, 3.05) is 11.9 Å². The molecule has 0 spiro atoms. The van der Waals surface area contributed by atoms with Crippen LogP contribution in [0.5, 0.6) is 5.75 Å². The molecular formula is C15H22F3NO. The van der Waals surface area contributed by atoms with Gasteiger partial charge in [0, 0.05) is 12.2 Å². The lowest BCUT2D eigenvalue weighted by atomic mass is 9.99. The highest BCUT2D eigenvalue weighted by atomic mass is 19.4. The quantitative estimate of drug-likeness (QED) is 0.709. The molecule has 0 aromatic heterocycles. The maximum Gasteiger partial charge on any atom is 0.573 e. The standard InChI is InChI=1S/C15H22F3NO/c1-3-5-6-12(4-2)11-19-13-7-9-14(10-8-13)20-15(16,17)18/h7-10,12,19H,3-6,11H2,1-2H3. The van der Waals surface area contributed by atoms with Crippen molar-refractivity contribution >= 4 is 5.69 Å². The number of rotatable bonds is 8. The summed E-state index contributed by atoms with van der Waals surface area (Å²) < 4.78 is 39.9. The van der Waals surface area contributed by atoms with Crippen LogP contribution in [0.1, 0.15) is 39.5 Å². The molecule has 0 bridgehead atoms. The number of halogens is 3. The molecule has 0 fully saturated rings. The fraction of sp³-hybridized carbons (Fsp3) is 0.600. The molecule has 1 atom stereocenters. The first-order valence-corrected chi connectivity index (χ1v) is 7.04. The Labute approximate surface area is 118 Å². The van der Waals surface area contributed by atoms with Gasteiger partial charge in [0.05, 0.1) is 0 Å². The second-order valence-corrected chi connectivity index (χ2v) is 4.87. The Kier molecular flexibility index (Phi) is 6.68. The summed E-state index contributed by atoms with van der Waals surface area (Å²) in [6.45, 7) is 5.16. The monoisotopic (exact) mass is 289 g/mol. The smallest absolute Gasteiger partial charge is 0.406 e. The first kappa shape index (κ1) is 16.7. The highest BCUT2D eigenvalue weighted by molar-refractivity contribution is 5.46. The lowest BCUT2D eigenvalue weighted by Gasteiger charge is -2.16. The van der Waals surface area contributed by atoms with Gasteiger partial charge >= 0.3 is 6.36 Å². The number of benzene rings is 1. The summed E-state index contributed by atoms with van der Waals surface area (Å²) in [5.74, 6) is 0.405. The van der Waals surface area contributed by atoms with Crippen molar-refractivity contribution in [3.8, 4) is 5.75 Å². The first-order chi connectivity index (χ1) is 9.44. The molecule has 0 amide bonds. The van der Waals surface area contributed by atoms with E-state index in [0.717, 1.165) is 18.7 Å². The number of unbranched alkanes of at least 4 members (excludes halogenated alkanes) is 1. The number of alkyl halides is 3. The van der Waals surface area contributed by atoms with Crippen LogP contribution in [0.2, 0.25) is 0 Å². The average Bonchev–Trinajstić information content (AvgIpc) is 2.39. The highest BCUT2D eigenvalue weighted by Gasteiger charge is 2.30. The molecule has 0 saturated heterocycles. The van der Waals surface area contributed by atoms with Crippen LogP contribution < -0.4 is 10.1 Å². The Morgan fingerprint density at radius 3 is 2.30 bits per heavy atom. The van der Waals surface area contributed by atoms with Crippen LogP contribution in [0.3, 0.4) is 0 Å². The van der Waals surface area contributed by atoms with Crippen molar-refractivity contribution in [2.24, 2.45) is 5.92 Å². The molecular weight excluding hydrogens is 267 g/mol. The molecule has 0 aliphatic heterocycles. The van der Waals surface area contributed by atoms with E-state index < -0.39 is 6.36 Å². The molecule has 0 aliphatic rings. The van der Waals surface area contributed by atoms with E-state index in [1.165, 1.54) is 31.4 Å². The molecule has 1 N–H and O–H groups in total. The number of hydrogen-bond acceptors (Lipinski definition) is 2. The minimum absolute atomic E-state index is 0.193. The van der Waals surface area contributed by atoms with Gasteiger partial charge in [0.15, 0.2) is 0 Å². The van der Waals surface area contributed by atoms with Gasteiger partial charge in [-0.1, -0.05) is 33.1 Å². The third kappa shape index (κ3) is 6.68. The van der Waals surface area contributed by atoms with Crippen LogP contribution >= 0.6 is 0 Å². The zero-order valence-electron chi connectivity index (χ0n) is 12.0. The third-order valence-corrected chi connectivity index (χ3v) is 3.23. The third-order valence-electron chi connectivity index (χ3n) is 3.23. The molecule has 1 aromatic rings. The maximum atomic E-state index is 12.0. The van der Waals surface area contributed by atoms with Crippen LogP contribution in [0.4, 0.5) is 18.9 Å². The largest absolute Gasteiger partial charge is 0.573 e. The topological polar surface area (TPSA) is 21.3 Å². The summed E-state index contributed by atoms with van der Waals surface area (Å²) in [6, 6.07) is 5.85. The summed E-state index contributed by atoms with van der Waals surface area (Å²) in [7, 11) is 0. The van der Waals surface area contributed by atoms with Crippen LogP contribution in [0.25, 0.3) is 0 Å². The summed E-state index contributed by atoms with van der Waals surface area (Å²) >= 11 is 0. The second-order valence-electron chi connectivity index (χ2n) is 4.87. The van der Waals surface area contributed by atoms with E-state index in [1.807, 2.05) is 0 Å². The predicted octanol–water partition coefficient (Wildman–Crippen LogP) is 5.21. The van der Waals surface area contributed by atoms with E-state index in [-0.39, 0.29) is 5.75 Å². The fourth-order valence-corrected chi connectivity index (χ4v) is 1.98. The fourth-order valence-electron chi connectivity index (χ4n) is 1.98. The molecule has 20 heavy (non-hydrogen) atoms. The molecule has 0 saturated carbocycles. The van der Waals surface area contributed by atoms with Crippen molar-refractivity contribution in [1.82, 2.24) is 0 Å². The highest BCUT2D eigenvalue weighted by Crippen LogP contribution is 2.24. The van der Waals surface area contributed by atoms with E-state index in [0.29, 0.717) is 5.92 Å². The van der Waals surface area contributed by atoms with Gasteiger partial charge < -0.3 is 10.1 Å². The van der Waals surface area contributed by atoms with Gasteiger partial charge in [-0.25, -0.2) is 0 Å². The Morgan fingerprint density at radius 1 is 1.15 bits per heavy atom. The second kappa shape index (κ2) is 8.02. The molecule has 1 rings (SSSR count). The van der Waals surface area contributed by atoms with E-state index in [2.05, 4.69) is 23.9 Å². The van der Waals surface area contributed by atoms with E-state index in [1.54, 1.807) is 12.1 Å². The van der Waals surface area contributed by atoms with Crippen LogP contribution in [-0.2, 0) is 0 Å². The molecule has 0 heterocycles. The lowest BCUT2D eigenvalue weighted by Crippen LogP contribution is -2.17. The van der Waals surface area contributed by atoms with Crippen molar-refractivity contribution in [1.29, 1.82) is 0 Å². The Hall–Kier alpha value is -1.39. The average molecular weight is 289 g/mol. The SMILES string of the molecule is CCCCC(CC)CNc1ccc(OC(F)(F)F)cc1. The molecule has 2 nitrogen and oxygen atoms in total. The molecule has 1 unspecified atom stereocenters. The maximum absolute atomic E-state index is 12.0. The van der Waals surface area contributed by atoms with Crippen molar-refractivity contribution < 1.29 is 17.9 Å². The zero-order valence-corrected chi connectivity index (χ0v) is 12.0. The van der Waals surface area contributed by atoms with Gasteiger partial charge in [-0.15, -0.1) is 13.2 Å². The molecule has 114 valence electrons. The van der Waals surface area contributed by atoms with Gasteiger partial charge in [-0.3, -0.25) is 0 Å². The summed E-state index contributed by atoms with van der Waals surface area (Å²) in [6.07, 6.45) is 0.0263. The van der Waals surface area contributed by atoms with Gasteiger partial charge in [0.1, 0.15) is 5.75 Å². The molecule has 0 radical (unpaired) electrons. The van der Waals surface area contributed by atoms with Gasteiger partial charge in [-0.05, 0) is 36.6 Å². The van der Waals surface area contributed by atoms with E-state index in [9.17, 15) is 13.2 Å². The number of anilines is 1. The Morgan fingerprint density at radius 2 is 1.80 bits per heavy atom. The molecule has 1 aromatic carbocycles. The van der Waals surface area contributed by atoms with E-state index >= 15 is 0 Å². The summed E-state index contributed by atoms with van der Waals surface area (Å²) in [5, 5.41) is 3.26. The lowest BCUT2D eigenvalue weighted by molar-refractivity contribution is -0.274. The minimum Gasteiger partial charge on any atom is -0.406 e. The first-order valence-electron chi connectivity index (χ1n) is 7.04. The Bertz CT molecular complexity index is 376. The number of ether oxygens (including phenoxy) is 1. The van der Waals surface area contributed by atoms with E-state index in [4.69, 9.17) is 0 Å². The summed E-state index contributed by atoms with van der Waals surface area (Å²) in [5.41, 5.74) is 0.814. The molecule has 0 aliphatic carbocycles. The van der Waals surface area contributed by atoms with Crippen molar-refractivity contribution in [3.63, 3.8) is 0 Å². The predicted molar refractivity (Wildman–Crippen MR) is 74.9 cm³/mol. The van der Waals surface area contributed by atoms with Gasteiger partial charge in [-0.2, -0.15) is 0 Å². The summed E-state index contributed by atoms with van der Waals surface area (Å²) in [4.78, 5) is 0. The minimum atomic E-state index is -4.64. The number of hydrogen-bond donors (Lipinski definition) is 1. The zero-order chi connectivity index (χ0) is 15.0. The number of nitrogens with one attached hydrogen (secondary N) is 1. The normalized spacial score (nSPS) is 13.1. The van der Waals surface area contributed by atoms with Crippen molar-refractivity contribution in [3.05, 3.63) is 24.3 Å². The van der Waals surface area contributed by atoms with Crippen LogP contribution in [-0.4, -0.2) is 12.9 Å². The van der Waals surface area contributed by atoms with Crippen molar-refractivity contribution in [2.45, 2.75) is 45.9 Å². The van der Waals surface area contributed by atoms with Crippen LogP contribution in [0.15, 0.2) is 24.3 Å². The van der Waals surface area contributed by atoms with Crippen LogP contribution in [0, 0.1) is 5.92 Å². The molecule has 5 heteroatoms.